The molecule has 1 saturated heterocycles. The van der Waals surface area contributed by atoms with Gasteiger partial charge in [0.25, 0.3) is 0 Å². The Morgan fingerprint density at radius 1 is 1.43 bits per heavy atom. The molecule has 0 aromatic heterocycles. The van der Waals surface area contributed by atoms with Crippen molar-refractivity contribution in [3.8, 4) is 0 Å². The van der Waals surface area contributed by atoms with Gasteiger partial charge in [0.15, 0.2) is 0 Å². The van der Waals surface area contributed by atoms with Crippen LogP contribution in [0.15, 0.2) is 0 Å². The number of hydrogen-bond donors (Lipinski definition) is 1. The summed E-state index contributed by atoms with van der Waals surface area (Å²) in [6, 6.07) is 0.478. The van der Waals surface area contributed by atoms with E-state index in [1.807, 2.05) is 4.90 Å². The monoisotopic (exact) mass is 198 g/mol. The molecule has 1 amide bonds. The maximum Gasteiger partial charge on any atom is 0.228 e. The van der Waals surface area contributed by atoms with Crippen molar-refractivity contribution in [3.05, 3.63) is 0 Å². The first-order chi connectivity index (χ1) is 6.83. The summed E-state index contributed by atoms with van der Waals surface area (Å²) < 4.78 is 5.23. The molecule has 0 aromatic rings. The molecule has 1 heterocycles. The van der Waals surface area contributed by atoms with Crippen LogP contribution in [0.4, 0.5) is 0 Å². The summed E-state index contributed by atoms with van der Waals surface area (Å²) >= 11 is 0. The Morgan fingerprint density at radius 3 is 2.71 bits per heavy atom. The van der Waals surface area contributed by atoms with Crippen LogP contribution in [0.25, 0.3) is 0 Å². The van der Waals surface area contributed by atoms with E-state index in [0.717, 1.165) is 25.9 Å². The molecule has 0 aromatic carbocycles. The summed E-state index contributed by atoms with van der Waals surface area (Å²) in [6.07, 6.45) is 3.19. The Balaban J connectivity index is 1.91. The third-order valence-corrected chi connectivity index (χ3v) is 2.92. The lowest BCUT2D eigenvalue weighted by Gasteiger charge is -2.24. The summed E-state index contributed by atoms with van der Waals surface area (Å²) in [5.74, 6) is 0.359. The lowest BCUT2D eigenvalue weighted by molar-refractivity contribution is -0.136. The summed E-state index contributed by atoms with van der Waals surface area (Å²) in [7, 11) is 0. The van der Waals surface area contributed by atoms with Crippen LogP contribution in [-0.2, 0) is 9.53 Å². The number of nitrogens with zero attached hydrogens (tertiary/aromatic N) is 1. The van der Waals surface area contributed by atoms with E-state index in [2.05, 4.69) is 0 Å². The minimum atomic E-state index is 0.0992. The van der Waals surface area contributed by atoms with Crippen molar-refractivity contribution in [1.82, 2.24) is 4.90 Å². The highest BCUT2D eigenvalue weighted by Gasteiger charge is 2.36. The Labute approximate surface area is 84.4 Å². The summed E-state index contributed by atoms with van der Waals surface area (Å²) in [4.78, 5) is 14.0. The Bertz CT molecular complexity index is 210. The van der Waals surface area contributed by atoms with E-state index in [1.54, 1.807) is 0 Å². The minimum Gasteiger partial charge on any atom is -0.381 e. The second kappa shape index (κ2) is 4.28. The van der Waals surface area contributed by atoms with Crippen LogP contribution in [0.5, 0.6) is 0 Å². The van der Waals surface area contributed by atoms with Gasteiger partial charge in [-0.3, -0.25) is 4.79 Å². The highest BCUT2D eigenvalue weighted by atomic mass is 16.5. The molecule has 4 nitrogen and oxygen atoms in total. The van der Waals surface area contributed by atoms with E-state index in [1.165, 1.54) is 0 Å². The van der Waals surface area contributed by atoms with Crippen molar-refractivity contribution >= 4 is 5.91 Å². The van der Waals surface area contributed by atoms with Gasteiger partial charge in [-0.15, -0.1) is 0 Å². The maximum atomic E-state index is 12.0. The fourth-order valence-electron chi connectivity index (χ4n) is 1.96. The summed E-state index contributed by atoms with van der Waals surface area (Å²) in [6.45, 7) is 2.61. The second-order valence-electron chi connectivity index (χ2n) is 4.11. The Kier molecular flexibility index (Phi) is 3.03. The van der Waals surface area contributed by atoms with E-state index < -0.39 is 0 Å². The number of nitrogens with two attached hydrogens (primary N) is 1. The number of amides is 1. The van der Waals surface area contributed by atoms with E-state index in [4.69, 9.17) is 10.5 Å². The number of hydrogen-bond acceptors (Lipinski definition) is 3. The highest BCUT2D eigenvalue weighted by Crippen LogP contribution is 2.29. The van der Waals surface area contributed by atoms with Crippen LogP contribution < -0.4 is 5.73 Å². The largest absolute Gasteiger partial charge is 0.381 e. The van der Waals surface area contributed by atoms with Crippen molar-refractivity contribution in [2.45, 2.75) is 25.3 Å². The molecule has 1 unspecified atom stereocenters. The molecule has 14 heavy (non-hydrogen) atoms. The molecule has 2 fully saturated rings. The van der Waals surface area contributed by atoms with Crippen molar-refractivity contribution in [2.75, 3.05) is 26.3 Å². The van der Waals surface area contributed by atoms with Crippen LogP contribution in [-0.4, -0.2) is 43.2 Å². The zero-order valence-corrected chi connectivity index (χ0v) is 8.45. The van der Waals surface area contributed by atoms with Crippen molar-refractivity contribution < 1.29 is 9.53 Å². The van der Waals surface area contributed by atoms with Crippen LogP contribution in [0.1, 0.15) is 19.3 Å². The predicted octanol–water partition coefficient (Wildman–Crippen LogP) is -0.0274. The average molecular weight is 198 g/mol. The molecule has 2 rings (SSSR count). The van der Waals surface area contributed by atoms with Gasteiger partial charge >= 0.3 is 0 Å². The first-order valence-corrected chi connectivity index (χ1v) is 5.41. The Hall–Kier alpha value is -0.610. The van der Waals surface area contributed by atoms with Crippen molar-refractivity contribution in [1.29, 1.82) is 0 Å². The molecule has 0 spiro atoms. The number of carbonyl (C=O) groups is 1. The molecular weight excluding hydrogens is 180 g/mol. The van der Waals surface area contributed by atoms with Crippen LogP contribution in [0, 0.1) is 5.92 Å². The molecule has 1 saturated carbocycles. The highest BCUT2D eigenvalue weighted by molar-refractivity contribution is 5.79. The second-order valence-corrected chi connectivity index (χ2v) is 4.11. The fourth-order valence-corrected chi connectivity index (χ4v) is 1.96. The number of rotatable bonds is 4. The van der Waals surface area contributed by atoms with Gasteiger partial charge < -0.3 is 15.4 Å². The number of carbonyl (C=O) groups excluding carboxylic acids is 1. The quantitative estimate of drug-likeness (QED) is 0.690. The lowest BCUT2D eigenvalue weighted by atomic mass is 10.1. The van der Waals surface area contributed by atoms with Gasteiger partial charge in [0, 0.05) is 25.7 Å². The smallest absolute Gasteiger partial charge is 0.228 e. The molecule has 0 radical (unpaired) electrons. The average Bonchev–Trinajstić information content (AvgIpc) is 2.88. The molecule has 2 aliphatic rings. The molecule has 2 N–H and O–H groups in total. The maximum absolute atomic E-state index is 12.0. The van der Waals surface area contributed by atoms with E-state index >= 15 is 0 Å². The molecule has 1 aliphatic heterocycles. The van der Waals surface area contributed by atoms with Gasteiger partial charge in [-0.05, 0) is 19.3 Å². The molecule has 4 heteroatoms. The molecule has 80 valence electrons. The molecule has 0 bridgehead atoms. The van der Waals surface area contributed by atoms with Crippen molar-refractivity contribution in [2.24, 2.45) is 11.7 Å². The molecule has 1 atom stereocenters. The topological polar surface area (TPSA) is 55.6 Å². The van der Waals surface area contributed by atoms with Crippen molar-refractivity contribution in [3.63, 3.8) is 0 Å². The fraction of sp³-hybridized carbons (Fsp3) is 0.900. The summed E-state index contributed by atoms with van der Waals surface area (Å²) in [5, 5.41) is 0. The van der Waals surface area contributed by atoms with Crippen LogP contribution in [0.3, 0.4) is 0 Å². The van der Waals surface area contributed by atoms with Gasteiger partial charge in [-0.25, -0.2) is 0 Å². The zero-order valence-electron chi connectivity index (χ0n) is 8.45. The third kappa shape index (κ3) is 2.07. The molecule has 1 aliphatic carbocycles. The van der Waals surface area contributed by atoms with Gasteiger partial charge in [0.05, 0.1) is 12.5 Å². The SMILES string of the molecule is NCCN(C(=O)C1CCOC1)C1CC1. The minimum absolute atomic E-state index is 0.0992. The van der Waals surface area contributed by atoms with E-state index in [-0.39, 0.29) is 11.8 Å². The lowest BCUT2D eigenvalue weighted by Crippen LogP contribution is -2.41. The van der Waals surface area contributed by atoms with Crippen LogP contribution in [0.2, 0.25) is 0 Å². The molecular formula is C10H18N2O2. The first-order valence-electron chi connectivity index (χ1n) is 5.41. The standard InChI is InChI=1S/C10H18N2O2/c11-4-5-12(9-1-2-9)10(13)8-3-6-14-7-8/h8-9H,1-7,11H2. The first kappa shape index (κ1) is 9.93. The predicted molar refractivity (Wildman–Crippen MR) is 52.7 cm³/mol. The van der Waals surface area contributed by atoms with Gasteiger partial charge in [-0.1, -0.05) is 0 Å². The zero-order chi connectivity index (χ0) is 9.97. The third-order valence-electron chi connectivity index (χ3n) is 2.92. The summed E-state index contributed by atoms with van der Waals surface area (Å²) in [5.41, 5.74) is 5.51. The number of ether oxygens (including phenoxy) is 1. The Morgan fingerprint density at radius 2 is 2.21 bits per heavy atom. The van der Waals surface area contributed by atoms with E-state index in [0.29, 0.717) is 25.7 Å². The van der Waals surface area contributed by atoms with E-state index in [9.17, 15) is 4.79 Å². The van der Waals surface area contributed by atoms with Crippen LogP contribution >= 0.6 is 0 Å². The van der Waals surface area contributed by atoms with Gasteiger partial charge in [-0.2, -0.15) is 0 Å². The van der Waals surface area contributed by atoms with Gasteiger partial charge in [0.1, 0.15) is 0 Å². The normalized spacial score (nSPS) is 26.5. The van der Waals surface area contributed by atoms with Gasteiger partial charge in [0.2, 0.25) is 5.91 Å².